The van der Waals surface area contributed by atoms with Gasteiger partial charge in [-0.2, -0.15) is 0 Å². The number of nitrogens with zero attached hydrogens (tertiary/aromatic N) is 2. The van der Waals surface area contributed by atoms with Crippen molar-refractivity contribution >= 4 is 22.9 Å². The fraction of sp³-hybridized carbons (Fsp3) is 0.333. The van der Waals surface area contributed by atoms with Gasteiger partial charge in [0.05, 0.1) is 17.1 Å². The Kier molecular flexibility index (Phi) is 4.39. The van der Waals surface area contributed by atoms with Gasteiger partial charge < -0.3 is 10.6 Å². The maximum atomic E-state index is 12.6. The van der Waals surface area contributed by atoms with Crippen LogP contribution < -0.4 is 5.73 Å². The van der Waals surface area contributed by atoms with E-state index in [9.17, 15) is 4.79 Å². The molecular weight excluding hydrogens is 270 g/mol. The molecule has 0 aliphatic heterocycles. The van der Waals surface area contributed by atoms with Gasteiger partial charge in [-0.25, -0.2) is 0 Å². The molecule has 0 aliphatic carbocycles. The molecule has 0 unspecified atom stereocenters. The quantitative estimate of drug-likeness (QED) is 0.941. The van der Waals surface area contributed by atoms with Crippen LogP contribution in [-0.4, -0.2) is 21.8 Å². The molecule has 0 radical (unpaired) electrons. The van der Waals surface area contributed by atoms with Gasteiger partial charge in [0.15, 0.2) is 0 Å². The van der Waals surface area contributed by atoms with Crippen LogP contribution in [0.1, 0.15) is 34.1 Å². The van der Waals surface area contributed by atoms with Gasteiger partial charge >= 0.3 is 0 Å². The van der Waals surface area contributed by atoms with Crippen molar-refractivity contribution < 1.29 is 4.79 Å². The SMILES string of the molecule is Cc1sc(C(=O)N(Cc2ccccn2)C(C)C)cc1N. The molecule has 0 aromatic carbocycles. The summed E-state index contributed by atoms with van der Waals surface area (Å²) in [6.45, 7) is 6.44. The van der Waals surface area contributed by atoms with E-state index in [-0.39, 0.29) is 11.9 Å². The standard InChI is InChI=1S/C15H19N3OS/c1-10(2)18(9-12-6-4-5-7-17-12)15(19)14-8-13(16)11(3)20-14/h4-8,10H,9,16H2,1-3H3. The van der Waals surface area contributed by atoms with Crippen LogP contribution in [-0.2, 0) is 6.54 Å². The molecular formula is C15H19N3OS. The van der Waals surface area contributed by atoms with Gasteiger partial charge in [0.25, 0.3) is 5.91 Å². The van der Waals surface area contributed by atoms with Gasteiger partial charge in [-0.3, -0.25) is 9.78 Å². The third kappa shape index (κ3) is 3.17. The summed E-state index contributed by atoms with van der Waals surface area (Å²) < 4.78 is 0. The van der Waals surface area contributed by atoms with Crippen molar-refractivity contribution in [2.24, 2.45) is 0 Å². The van der Waals surface area contributed by atoms with E-state index in [1.54, 1.807) is 12.3 Å². The summed E-state index contributed by atoms with van der Waals surface area (Å²) in [6.07, 6.45) is 1.74. The highest BCUT2D eigenvalue weighted by Crippen LogP contribution is 2.25. The maximum Gasteiger partial charge on any atom is 0.264 e. The van der Waals surface area contributed by atoms with Crippen molar-refractivity contribution in [3.8, 4) is 0 Å². The molecule has 4 nitrogen and oxygen atoms in total. The van der Waals surface area contributed by atoms with Crippen LogP contribution in [0.5, 0.6) is 0 Å². The Morgan fingerprint density at radius 2 is 2.20 bits per heavy atom. The van der Waals surface area contributed by atoms with Crippen LogP contribution in [0.3, 0.4) is 0 Å². The van der Waals surface area contributed by atoms with Crippen LogP contribution >= 0.6 is 11.3 Å². The molecule has 0 fully saturated rings. The molecule has 2 aromatic heterocycles. The fourth-order valence-corrected chi connectivity index (χ4v) is 2.80. The molecule has 2 N–H and O–H groups in total. The Morgan fingerprint density at radius 1 is 1.45 bits per heavy atom. The smallest absolute Gasteiger partial charge is 0.264 e. The van der Waals surface area contributed by atoms with Crippen molar-refractivity contribution in [2.45, 2.75) is 33.4 Å². The van der Waals surface area contributed by atoms with E-state index in [0.717, 1.165) is 10.6 Å². The molecule has 2 aromatic rings. The van der Waals surface area contributed by atoms with Crippen LogP contribution in [0.4, 0.5) is 5.69 Å². The predicted molar refractivity (Wildman–Crippen MR) is 82.7 cm³/mol. The minimum Gasteiger partial charge on any atom is -0.398 e. The lowest BCUT2D eigenvalue weighted by molar-refractivity contribution is 0.0693. The zero-order valence-corrected chi connectivity index (χ0v) is 12.8. The Morgan fingerprint density at radius 3 is 2.70 bits per heavy atom. The van der Waals surface area contributed by atoms with Crippen LogP contribution in [0.2, 0.25) is 0 Å². The molecule has 0 spiro atoms. The van der Waals surface area contributed by atoms with Gasteiger partial charge in [-0.1, -0.05) is 6.07 Å². The number of carbonyl (C=O) groups excluding carboxylic acids is 1. The van der Waals surface area contributed by atoms with E-state index in [0.29, 0.717) is 17.1 Å². The number of pyridine rings is 1. The first-order valence-electron chi connectivity index (χ1n) is 6.56. The van der Waals surface area contributed by atoms with E-state index in [1.807, 2.05) is 43.9 Å². The van der Waals surface area contributed by atoms with E-state index < -0.39 is 0 Å². The van der Waals surface area contributed by atoms with Crippen LogP contribution in [0.15, 0.2) is 30.5 Å². The number of hydrogen-bond donors (Lipinski definition) is 1. The number of anilines is 1. The van der Waals surface area contributed by atoms with Crippen LogP contribution in [0.25, 0.3) is 0 Å². The number of rotatable bonds is 4. The first-order valence-corrected chi connectivity index (χ1v) is 7.37. The Balaban J connectivity index is 2.22. The van der Waals surface area contributed by atoms with E-state index in [4.69, 9.17) is 5.73 Å². The van der Waals surface area contributed by atoms with Crippen molar-refractivity contribution in [1.29, 1.82) is 0 Å². The normalized spacial score (nSPS) is 10.8. The Labute approximate surface area is 123 Å². The molecule has 20 heavy (non-hydrogen) atoms. The van der Waals surface area contributed by atoms with Gasteiger partial charge in [0.1, 0.15) is 0 Å². The predicted octanol–water partition coefficient (Wildman–Crippen LogP) is 3.08. The maximum absolute atomic E-state index is 12.6. The van der Waals surface area contributed by atoms with Gasteiger partial charge in [-0.15, -0.1) is 11.3 Å². The first-order chi connectivity index (χ1) is 9.49. The van der Waals surface area contributed by atoms with Gasteiger partial charge in [0, 0.05) is 22.8 Å². The highest BCUT2D eigenvalue weighted by atomic mass is 32.1. The fourth-order valence-electron chi connectivity index (χ4n) is 1.90. The number of carbonyl (C=O) groups is 1. The van der Waals surface area contributed by atoms with E-state index in [1.165, 1.54) is 11.3 Å². The Hall–Kier alpha value is -1.88. The summed E-state index contributed by atoms with van der Waals surface area (Å²) in [5.74, 6) is 0.00968. The number of hydrogen-bond acceptors (Lipinski definition) is 4. The lowest BCUT2D eigenvalue weighted by Crippen LogP contribution is -2.36. The first kappa shape index (κ1) is 14.5. The summed E-state index contributed by atoms with van der Waals surface area (Å²) in [7, 11) is 0. The van der Waals surface area contributed by atoms with Gasteiger partial charge in [0.2, 0.25) is 0 Å². The zero-order valence-electron chi connectivity index (χ0n) is 12.0. The summed E-state index contributed by atoms with van der Waals surface area (Å²) in [5, 5.41) is 0. The second-order valence-electron chi connectivity index (χ2n) is 4.97. The summed E-state index contributed by atoms with van der Waals surface area (Å²) >= 11 is 1.44. The molecule has 1 amide bonds. The summed E-state index contributed by atoms with van der Waals surface area (Å²) in [4.78, 5) is 20.4. The van der Waals surface area contributed by atoms with Crippen molar-refractivity contribution in [2.75, 3.05) is 5.73 Å². The molecule has 0 saturated heterocycles. The molecule has 2 rings (SSSR count). The van der Waals surface area contributed by atoms with Crippen LogP contribution in [0, 0.1) is 6.92 Å². The molecule has 2 heterocycles. The van der Waals surface area contributed by atoms with Crippen molar-refractivity contribution in [1.82, 2.24) is 9.88 Å². The average molecular weight is 289 g/mol. The third-order valence-corrected chi connectivity index (χ3v) is 4.16. The highest BCUT2D eigenvalue weighted by molar-refractivity contribution is 7.14. The average Bonchev–Trinajstić information content (AvgIpc) is 2.76. The molecule has 106 valence electrons. The summed E-state index contributed by atoms with van der Waals surface area (Å²) in [5.41, 5.74) is 7.40. The molecule has 0 saturated carbocycles. The topological polar surface area (TPSA) is 59.2 Å². The van der Waals surface area contributed by atoms with E-state index in [2.05, 4.69) is 4.98 Å². The lowest BCUT2D eigenvalue weighted by atomic mass is 10.2. The lowest BCUT2D eigenvalue weighted by Gasteiger charge is -2.25. The molecule has 5 heteroatoms. The molecule has 0 atom stereocenters. The minimum atomic E-state index is 0.00968. The van der Waals surface area contributed by atoms with E-state index >= 15 is 0 Å². The molecule has 0 bridgehead atoms. The summed E-state index contributed by atoms with van der Waals surface area (Å²) in [6, 6.07) is 7.59. The van der Waals surface area contributed by atoms with Crippen molar-refractivity contribution in [3.05, 3.63) is 45.9 Å². The zero-order chi connectivity index (χ0) is 14.7. The van der Waals surface area contributed by atoms with Gasteiger partial charge in [-0.05, 0) is 39.0 Å². The second kappa shape index (κ2) is 6.05. The third-order valence-electron chi connectivity index (χ3n) is 3.11. The highest BCUT2D eigenvalue weighted by Gasteiger charge is 2.21. The number of aryl methyl sites for hydroxylation is 1. The second-order valence-corrected chi connectivity index (χ2v) is 6.23. The number of amides is 1. The monoisotopic (exact) mass is 289 g/mol. The number of nitrogens with two attached hydrogens (primary N) is 1. The number of aromatic nitrogens is 1. The number of thiophene rings is 1. The minimum absolute atomic E-state index is 0.00968. The molecule has 0 aliphatic rings. The largest absolute Gasteiger partial charge is 0.398 e. The number of nitrogen functional groups attached to an aromatic ring is 1. The van der Waals surface area contributed by atoms with Crippen molar-refractivity contribution in [3.63, 3.8) is 0 Å². The Bertz CT molecular complexity index is 573.